The van der Waals surface area contributed by atoms with Crippen LogP contribution in [0.25, 0.3) is 16.8 Å². The molecular weight excluding hydrogens is 460 g/mol. The molecule has 0 bridgehead atoms. The van der Waals surface area contributed by atoms with Crippen molar-refractivity contribution in [3.63, 3.8) is 0 Å². The van der Waals surface area contributed by atoms with E-state index in [-0.39, 0.29) is 25.4 Å². The van der Waals surface area contributed by atoms with E-state index in [9.17, 15) is 14.4 Å². The monoisotopic (exact) mass is 490 g/mol. The molecular formula is C27H30N4O5. The molecule has 3 rings (SSSR count). The third kappa shape index (κ3) is 8.12. The van der Waals surface area contributed by atoms with Crippen LogP contribution in [-0.4, -0.2) is 53.3 Å². The van der Waals surface area contributed by atoms with Crippen LogP contribution >= 0.6 is 0 Å². The second-order valence-electron chi connectivity index (χ2n) is 8.84. The Morgan fingerprint density at radius 1 is 0.972 bits per heavy atom. The minimum Gasteiger partial charge on any atom is -0.446 e. The Kier molecular flexibility index (Phi) is 8.99. The molecule has 36 heavy (non-hydrogen) atoms. The lowest BCUT2D eigenvalue weighted by atomic mass is 10.1. The van der Waals surface area contributed by atoms with Crippen LogP contribution in [0.2, 0.25) is 0 Å². The fourth-order valence-corrected chi connectivity index (χ4v) is 3.22. The average Bonchev–Trinajstić information content (AvgIpc) is 2.85. The highest BCUT2D eigenvalue weighted by Gasteiger charge is 2.22. The lowest BCUT2D eigenvalue weighted by Gasteiger charge is -2.26. The summed E-state index contributed by atoms with van der Waals surface area (Å²) < 4.78 is 10.6. The lowest BCUT2D eigenvalue weighted by molar-refractivity contribution is 0.0231. The Morgan fingerprint density at radius 2 is 1.69 bits per heavy atom. The maximum absolute atomic E-state index is 12.6. The predicted molar refractivity (Wildman–Crippen MR) is 137 cm³/mol. The van der Waals surface area contributed by atoms with Gasteiger partial charge in [0, 0.05) is 18.1 Å². The van der Waals surface area contributed by atoms with Crippen molar-refractivity contribution in [3.8, 4) is 0 Å². The summed E-state index contributed by atoms with van der Waals surface area (Å²) in [7, 11) is 0. The number of hydrazine groups is 1. The number of nitrogens with one attached hydrogen (secondary N) is 2. The zero-order valence-corrected chi connectivity index (χ0v) is 20.6. The van der Waals surface area contributed by atoms with Crippen LogP contribution in [-0.2, 0) is 9.47 Å². The summed E-state index contributed by atoms with van der Waals surface area (Å²) in [6.07, 6.45) is 3.85. The largest absolute Gasteiger partial charge is 0.446 e. The zero-order chi connectivity index (χ0) is 26.0. The van der Waals surface area contributed by atoms with Crippen molar-refractivity contribution in [2.45, 2.75) is 26.4 Å². The van der Waals surface area contributed by atoms with Crippen molar-refractivity contribution in [2.75, 3.05) is 19.7 Å². The third-order valence-corrected chi connectivity index (χ3v) is 4.85. The highest BCUT2D eigenvalue weighted by Crippen LogP contribution is 2.16. The van der Waals surface area contributed by atoms with Crippen LogP contribution in [0.15, 0.2) is 72.9 Å². The van der Waals surface area contributed by atoms with Crippen molar-refractivity contribution in [1.82, 2.24) is 20.7 Å². The van der Waals surface area contributed by atoms with Crippen molar-refractivity contribution >= 4 is 34.9 Å². The molecule has 1 aromatic heterocycles. The van der Waals surface area contributed by atoms with Gasteiger partial charge in [0.15, 0.2) is 0 Å². The quantitative estimate of drug-likeness (QED) is 0.470. The van der Waals surface area contributed by atoms with Crippen LogP contribution in [0, 0.1) is 0 Å². The van der Waals surface area contributed by atoms with Gasteiger partial charge in [0.2, 0.25) is 0 Å². The van der Waals surface area contributed by atoms with E-state index < -0.39 is 23.7 Å². The fourth-order valence-electron chi connectivity index (χ4n) is 3.22. The number of ether oxygens (including phenoxy) is 2. The molecule has 3 amide bonds. The van der Waals surface area contributed by atoms with Gasteiger partial charge in [-0.3, -0.25) is 15.2 Å². The molecule has 0 aliphatic rings. The molecule has 3 aromatic rings. The highest BCUT2D eigenvalue weighted by molar-refractivity contribution is 6.05. The van der Waals surface area contributed by atoms with E-state index in [1.165, 1.54) is 11.1 Å². The number of benzene rings is 2. The molecule has 0 unspecified atom stereocenters. The molecule has 0 saturated carbocycles. The Morgan fingerprint density at radius 3 is 2.44 bits per heavy atom. The van der Waals surface area contributed by atoms with Gasteiger partial charge in [-0.25, -0.2) is 15.0 Å². The standard InChI is InChI=1S/C27H30N4O5/c1-27(2,3)36-26(34)31(17-9-12-20-10-5-4-6-11-20)18-19-35-25(33)30-29-24(32)23-22-14-8-7-13-21(22)15-16-28-23/h4-16H,17-19H2,1-3H3,(H,29,32)(H,30,33)/b12-9+. The first-order valence-electron chi connectivity index (χ1n) is 11.5. The summed E-state index contributed by atoms with van der Waals surface area (Å²) in [4.78, 5) is 42.7. The molecule has 0 aliphatic heterocycles. The normalized spacial score (nSPS) is 11.2. The van der Waals surface area contributed by atoms with E-state index in [0.29, 0.717) is 5.39 Å². The van der Waals surface area contributed by atoms with E-state index >= 15 is 0 Å². The maximum Gasteiger partial charge on any atom is 0.426 e. The van der Waals surface area contributed by atoms with Gasteiger partial charge in [0.25, 0.3) is 5.91 Å². The second kappa shape index (κ2) is 12.3. The van der Waals surface area contributed by atoms with E-state index in [4.69, 9.17) is 9.47 Å². The van der Waals surface area contributed by atoms with Gasteiger partial charge in [-0.05, 0) is 37.8 Å². The Labute approximate surface area is 210 Å². The summed E-state index contributed by atoms with van der Waals surface area (Å²) in [6.45, 7) is 5.59. The van der Waals surface area contributed by atoms with Crippen LogP contribution in [0.4, 0.5) is 9.59 Å². The number of carbonyl (C=O) groups excluding carboxylic acids is 3. The number of fused-ring (bicyclic) bond motifs is 1. The highest BCUT2D eigenvalue weighted by atomic mass is 16.6. The van der Waals surface area contributed by atoms with Crippen molar-refractivity contribution in [1.29, 1.82) is 0 Å². The van der Waals surface area contributed by atoms with E-state index in [0.717, 1.165) is 10.9 Å². The van der Waals surface area contributed by atoms with Gasteiger partial charge in [-0.1, -0.05) is 66.7 Å². The van der Waals surface area contributed by atoms with Crippen molar-refractivity contribution in [3.05, 3.63) is 84.2 Å². The fraction of sp³-hybridized carbons (Fsp3) is 0.259. The molecule has 2 aromatic carbocycles. The summed E-state index contributed by atoms with van der Waals surface area (Å²) in [5.74, 6) is -0.579. The molecule has 9 heteroatoms. The van der Waals surface area contributed by atoms with Crippen LogP contribution in [0.1, 0.15) is 36.8 Å². The molecule has 188 valence electrons. The number of rotatable bonds is 7. The first-order valence-corrected chi connectivity index (χ1v) is 11.5. The van der Waals surface area contributed by atoms with Gasteiger partial charge >= 0.3 is 12.2 Å². The number of nitrogens with zero attached hydrogens (tertiary/aromatic N) is 2. The molecule has 2 N–H and O–H groups in total. The first kappa shape index (κ1) is 26.2. The number of amides is 3. The topological polar surface area (TPSA) is 110 Å². The summed E-state index contributed by atoms with van der Waals surface area (Å²) in [5, 5.41) is 1.51. The first-order chi connectivity index (χ1) is 17.2. The summed E-state index contributed by atoms with van der Waals surface area (Å²) in [6, 6.07) is 18.8. The SMILES string of the molecule is CC(C)(C)OC(=O)N(C/C=C/c1ccccc1)CCOC(=O)NNC(=O)c1nccc2ccccc12. The molecule has 1 heterocycles. The van der Waals surface area contributed by atoms with Crippen LogP contribution < -0.4 is 10.9 Å². The average molecular weight is 491 g/mol. The summed E-state index contributed by atoms with van der Waals surface area (Å²) >= 11 is 0. The van der Waals surface area contributed by atoms with E-state index in [2.05, 4.69) is 15.8 Å². The molecule has 0 atom stereocenters. The van der Waals surface area contributed by atoms with Crippen molar-refractivity contribution < 1.29 is 23.9 Å². The predicted octanol–water partition coefficient (Wildman–Crippen LogP) is 4.56. The zero-order valence-electron chi connectivity index (χ0n) is 20.6. The lowest BCUT2D eigenvalue weighted by Crippen LogP contribution is -2.43. The van der Waals surface area contributed by atoms with Gasteiger partial charge in [-0.15, -0.1) is 0 Å². The number of hydrogen-bond donors (Lipinski definition) is 2. The molecule has 0 spiro atoms. The van der Waals surface area contributed by atoms with Gasteiger partial charge in [0.1, 0.15) is 17.9 Å². The number of pyridine rings is 1. The van der Waals surface area contributed by atoms with E-state index in [1.54, 1.807) is 39.0 Å². The Balaban J connectivity index is 1.51. The molecule has 0 radical (unpaired) electrons. The second-order valence-corrected chi connectivity index (χ2v) is 8.84. The Bertz CT molecular complexity index is 1220. The third-order valence-electron chi connectivity index (χ3n) is 4.85. The molecule has 0 fully saturated rings. The van der Waals surface area contributed by atoms with Gasteiger partial charge in [0.05, 0.1) is 6.54 Å². The van der Waals surface area contributed by atoms with Crippen LogP contribution in [0.5, 0.6) is 0 Å². The van der Waals surface area contributed by atoms with Crippen molar-refractivity contribution in [2.24, 2.45) is 0 Å². The molecule has 9 nitrogen and oxygen atoms in total. The molecule has 0 aliphatic carbocycles. The van der Waals surface area contributed by atoms with Gasteiger partial charge in [-0.2, -0.15) is 0 Å². The minimum absolute atomic E-state index is 0.0975. The Hall–Kier alpha value is -4.40. The smallest absolute Gasteiger partial charge is 0.426 e. The number of carbonyl (C=O) groups is 3. The summed E-state index contributed by atoms with van der Waals surface area (Å²) in [5.41, 5.74) is 4.99. The minimum atomic E-state index is -0.868. The number of hydrogen-bond acceptors (Lipinski definition) is 6. The number of aromatic nitrogens is 1. The van der Waals surface area contributed by atoms with E-state index in [1.807, 2.05) is 54.6 Å². The molecule has 0 saturated heterocycles. The van der Waals surface area contributed by atoms with Gasteiger partial charge < -0.3 is 14.4 Å². The van der Waals surface area contributed by atoms with Crippen LogP contribution in [0.3, 0.4) is 0 Å². The maximum atomic E-state index is 12.6.